The van der Waals surface area contributed by atoms with Crippen molar-refractivity contribution >= 4 is 11.6 Å². The fraction of sp³-hybridized carbons (Fsp3) is 0.667. The Hall–Kier alpha value is -1.55. The van der Waals surface area contributed by atoms with Gasteiger partial charge in [0.05, 0.1) is 0 Å². The Morgan fingerprint density at radius 1 is 1.08 bits per heavy atom. The summed E-state index contributed by atoms with van der Waals surface area (Å²) in [7, 11) is 0. The van der Waals surface area contributed by atoms with Crippen molar-refractivity contribution in [2.75, 3.05) is 37.6 Å². The molecule has 0 unspecified atom stereocenters. The van der Waals surface area contributed by atoms with Gasteiger partial charge in [-0.2, -0.15) is 0 Å². The first-order valence-corrected chi connectivity index (χ1v) is 10.0. The van der Waals surface area contributed by atoms with Gasteiger partial charge in [-0.3, -0.25) is 9.69 Å². The monoisotopic (exact) mass is 343 g/mol. The Labute approximate surface area is 152 Å². The van der Waals surface area contributed by atoms with E-state index >= 15 is 0 Å². The third-order valence-electron chi connectivity index (χ3n) is 5.74. The highest BCUT2D eigenvalue weighted by atomic mass is 16.1. The molecular formula is C21H33N3O. The van der Waals surface area contributed by atoms with Crippen LogP contribution in [0.5, 0.6) is 0 Å². The average molecular weight is 344 g/mol. The van der Waals surface area contributed by atoms with Crippen LogP contribution < -0.4 is 10.2 Å². The highest BCUT2D eigenvalue weighted by Gasteiger charge is 2.23. The summed E-state index contributed by atoms with van der Waals surface area (Å²) < 4.78 is 0. The summed E-state index contributed by atoms with van der Waals surface area (Å²) in [5.74, 6) is 0.562. The number of benzene rings is 1. The summed E-state index contributed by atoms with van der Waals surface area (Å²) in [6, 6.07) is 11.0. The molecule has 0 bridgehead atoms. The van der Waals surface area contributed by atoms with E-state index < -0.39 is 0 Å². The Kier molecular flexibility index (Phi) is 6.74. The van der Waals surface area contributed by atoms with Crippen molar-refractivity contribution in [3.8, 4) is 0 Å². The zero-order valence-electron chi connectivity index (χ0n) is 15.6. The Bertz CT molecular complexity index is 519. The first kappa shape index (κ1) is 18.2. The molecule has 1 aromatic rings. The van der Waals surface area contributed by atoms with Crippen LogP contribution in [0.2, 0.25) is 0 Å². The van der Waals surface area contributed by atoms with Gasteiger partial charge in [-0.25, -0.2) is 0 Å². The van der Waals surface area contributed by atoms with Gasteiger partial charge in [0.15, 0.2) is 0 Å². The van der Waals surface area contributed by atoms with Crippen molar-refractivity contribution < 1.29 is 4.79 Å². The lowest BCUT2D eigenvalue weighted by molar-refractivity contribution is -0.126. The van der Waals surface area contributed by atoms with Crippen molar-refractivity contribution in [3.63, 3.8) is 0 Å². The molecule has 1 saturated heterocycles. The highest BCUT2D eigenvalue weighted by molar-refractivity contribution is 5.78. The van der Waals surface area contributed by atoms with E-state index in [9.17, 15) is 4.79 Å². The van der Waals surface area contributed by atoms with Crippen LogP contribution in [0.1, 0.15) is 45.4 Å². The number of amides is 1. The van der Waals surface area contributed by atoms with Gasteiger partial charge in [0, 0.05) is 50.4 Å². The number of anilines is 1. The molecule has 0 radical (unpaired) electrons. The second-order valence-electron chi connectivity index (χ2n) is 7.70. The van der Waals surface area contributed by atoms with E-state index in [0.717, 1.165) is 52.0 Å². The van der Waals surface area contributed by atoms with E-state index in [-0.39, 0.29) is 12.0 Å². The van der Waals surface area contributed by atoms with Crippen LogP contribution in [-0.4, -0.2) is 49.6 Å². The molecule has 1 aromatic carbocycles. The first-order chi connectivity index (χ1) is 12.2. The van der Waals surface area contributed by atoms with Gasteiger partial charge in [0.25, 0.3) is 0 Å². The summed E-state index contributed by atoms with van der Waals surface area (Å²) in [6.07, 6.45) is 6.95. The molecular weight excluding hydrogens is 310 g/mol. The van der Waals surface area contributed by atoms with Gasteiger partial charge in [-0.05, 0) is 38.3 Å². The lowest BCUT2D eigenvalue weighted by Gasteiger charge is -2.36. The Balaban J connectivity index is 1.34. The number of nitrogens with zero attached hydrogens (tertiary/aromatic N) is 2. The molecule has 25 heavy (non-hydrogen) atoms. The molecule has 1 saturated carbocycles. The van der Waals surface area contributed by atoms with Crippen LogP contribution in [0, 0.1) is 5.92 Å². The van der Waals surface area contributed by atoms with Gasteiger partial charge in [-0.1, -0.05) is 37.5 Å². The second kappa shape index (κ2) is 9.23. The van der Waals surface area contributed by atoms with Crippen molar-refractivity contribution in [2.24, 2.45) is 5.92 Å². The topological polar surface area (TPSA) is 35.6 Å². The molecule has 1 aliphatic heterocycles. The van der Waals surface area contributed by atoms with E-state index in [1.807, 2.05) is 0 Å². The molecule has 138 valence electrons. The quantitative estimate of drug-likeness (QED) is 0.861. The van der Waals surface area contributed by atoms with Crippen LogP contribution >= 0.6 is 0 Å². The number of rotatable bonds is 6. The lowest BCUT2D eigenvalue weighted by atomic mass is 9.88. The number of carbonyl (C=O) groups excluding carboxylic acids is 1. The van der Waals surface area contributed by atoms with Crippen LogP contribution in [0.15, 0.2) is 30.3 Å². The Morgan fingerprint density at radius 2 is 1.76 bits per heavy atom. The smallest absolute Gasteiger partial charge is 0.223 e. The van der Waals surface area contributed by atoms with Gasteiger partial charge in [0.2, 0.25) is 5.91 Å². The summed E-state index contributed by atoms with van der Waals surface area (Å²) in [5.41, 5.74) is 1.33. The SMILES string of the molecule is C[C@H](CCN1CCN(c2ccccc2)CC1)NC(=O)C1CCCCC1. The third kappa shape index (κ3) is 5.46. The fourth-order valence-electron chi connectivity index (χ4n) is 4.04. The molecule has 2 aliphatic rings. The maximum atomic E-state index is 12.3. The van der Waals surface area contributed by atoms with Crippen LogP contribution in [-0.2, 0) is 4.79 Å². The van der Waals surface area contributed by atoms with Crippen molar-refractivity contribution in [3.05, 3.63) is 30.3 Å². The van der Waals surface area contributed by atoms with E-state index in [1.165, 1.54) is 24.9 Å². The number of piperazine rings is 1. The van der Waals surface area contributed by atoms with E-state index in [1.54, 1.807) is 0 Å². The van der Waals surface area contributed by atoms with Crippen LogP contribution in [0.25, 0.3) is 0 Å². The predicted molar refractivity (Wildman–Crippen MR) is 104 cm³/mol. The van der Waals surface area contributed by atoms with E-state index in [2.05, 4.69) is 52.4 Å². The first-order valence-electron chi connectivity index (χ1n) is 10.0. The highest BCUT2D eigenvalue weighted by Crippen LogP contribution is 2.23. The van der Waals surface area contributed by atoms with E-state index in [4.69, 9.17) is 0 Å². The van der Waals surface area contributed by atoms with E-state index in [0.29, 0.717) is 5.91 Å². The van der Waals surface area contributed by atoms with Gasteiger partial charge >= 0.3 is 0 Å². The number of hydrogen-bond acceptors (Lipinski definition) is 3. The molecule has 1 amide bonds. The number of hydrogen-bond donors (Lipinski definition) is 1. The molecule has 3 rings (SSSR count). The molecule has 4 heteroatoms. The second-order valence-corrected chi connectivity index (χ2v) is 7.70. The van der Waals surface area contributed by atoms with Crippen molar-refractivity contribution in [1.82, 2.24) is 10.2 Å². The average Bonchev–Trinajstić information content (AvgIpc) is 2.68. The van der Waals surface area contributed by atoms with Crippen molar-refractivity contribution in [2.45, 2.75) is 51.5 Å². The maximum absolute atomic E-state index is 12.3. The predicted octanol–water partition coefficient (Wildman–Crippen LogP) is 3.28. The minimum atomic E-state index is 0.269. The van der Waals surface area contributed by atoms with Gasteiger partial charge < -0.3 is 10.2 Å². The standard InChI is InChI=1S/C21H33N3O/c1-18(22-21(25)19-8-4-2-5-9-19)12-13-23-14-16-24(17-15-23)20-10-6-3-7-11-20/h3,6-7,10-11,18-19H,2,4-5,8-9,12-17H2,1H3,(H,22,25)/t18-/m1/s1. The summed E-state index contributed by atoms with van der Waals surface area (Å²) in [6.45, 7) is 7.63. The molecule has 4 nitrogen and oxygen atoms in total. The molecule has 0 spiro atoms. The number of carbonyl (C=O) groups is 1. The fourth-order valence-corrected chi connectivity index (χ4v) is 4.04. The zero-order chi connectivity index (χ0) is 17.5. The van der Waals surface area contributed by atoms with Crippen LogP contribution in [0.4, 0.5) is 5.69 Å². The third-order valence-corrected chi connectivity index (χ3v) is 5.74. The normalized spacial score (nSPS) is 21.1. The molecule has 2 fully saturated rings. The minimum Gasteiger partial charge on any atom is -0.369 e. The zero-order valence-corrected chi connectivity index (χ0v) is 15.6. The summed E-state index contributed by atoms with van der Waals surface area (Å²) in [5, 5.41) is 3.25. The minimum absolute atomic E-state index is 0.269. The lowest BCUT2D eigenvalue weighted by Crippen LogP contribution is -2.48. The Morgan fingerprint density at radius 3 is 2.44 bits per heavy atom. The summed E-state index contributed by atoms with van der Waals surface area (Å²) in [4.78, 5) is 17.3. The van der Waals surface area contributed by atoms with Gasteiger partial charge in [-0.15, -0.1) is 0 Å². The number of nitrogens with one attached hydrogen (secondary N) is 1. The number of para-hydroxylation sites is 1. The molecule has 1 heterocycles. The summed E-state index contributed by atoms with van der Waals surface area (Å²) >= 11 is 0. The molecule has 1 aliphatic carbocycles. The van der Waals surface area contributed by atoms with Crippen molar-refractivity contribution in [1.29, 1.82) is 0 Å². The molecule has 0 aromatic heterocycles. The molecule has 1 N–H and O–H groups in total. The maximum Gasteiger partial charge on any atom is 0.223 e. The van der Waals surface area contributed by atoms with Gasteiger partial charge in [0.1, 0.15) is 0 Å². The largest absolute Gasteiger partial charge is 0.369 e. The molecule has 1 atom stereocenters. The van der Waals surface area contributed by atoms with Crippen LogP contribution in [0.3, 0.4) is 0 Å².